The predicted molar refractivity (Wildman–Crippen MR) is 48.4 cm³/mol. The topological polar surface area (TPSA) is 0 Å². The molecule has 0 amide bonds. The SMILES string of the molecule is CCC1CC2C=CCC(C2)C1. The van der Waals surface area contributed by atoms with Gasteiger partial charge in [0.2, 0.25) is 0 Å². The second-order valence-electron chi connectivity index (χ2n) is 4.27. The Morgan fingerprint density at radius 2 is 2.18 bits per heavy atom. The van der Waals surface area contributed by atoms with Crippen LogP contribution in [-0.2, 0) is 0 Å². The molecule has 0 aromatic heterocycles. The van der Waals surface area contributed by atoms with E-state index in [1.165, 1.54) is 32.1 Å². The highest BCUT2D eigenvalue weighted by atomic mass is 14.3. The molecule has 0 N–H and O–H groups in total. The molecule has 0 radical (unpaired) electrons. The smallest absolute Gasteiger partial charge is 0.0228 e. The van der Waals surface area contributed by atoms with Gasteiger partial charge in [-0.2, -0.15) is 0 Å². The van der Waals surface area contributed by atoms with Crippen molar-refractivity contribution < 1.29 is 0 Å². The second kappa shape index (κ2) is 3.00. The van der Waals surface area contributed by atoms with Crippen LogP contribution in [0.25, 0.3) is 0 Å². The summed E-state index contributed by atoms with van der Waals surface area (Å²) in [6.07, 6.45) is 12.1. The van der Waals surface area contributed by atoms with Gasteiger partial charge in [-0.1, -0.05) is 25.5 Å². The molecular weight excluding hydrogens is 132 g/mol. The van der Waals surface area contributed by atoms with Crippen LogP contribution in [0, 0.1) is 17.8 Å². The Morgan fingerprint density at radius 1 is 1.27 bits per heavy atom. The van der Waals surface area contributed by atoms with Crippen molar-refractivity contribution in [2.24, 2.45) is 17.8 Å². The molecule has 3 atom stereocenters. The maximum Gasteiger partial charge on any atom is -0.0228 e. The number of hydrogen-bond acceptors (Lipinski definition) is 0. The van der Waals surface area contributed by atoms with Gasteiger partial charge in [0.15, 0.2) is 0 Å². The van der Waals surface area contributed by atoms with Crippen molar-refractivity contribution in [1.29, 1.82) is 0 Å². The molecule has 11 heavy (non-hydrogen) atoms. The molecule has 2 aliphatic carbocycles. The molecule has 0 spiro atoms. The largest absolute Gasteiger partial charge is 0.0880 e. The van der Waals surface area contributed by atoms with Crippen LogP contribution in [0.3, 0.4) is 0 Å². The molecule has 0 aromatic rings. The van der Waals surface area contributed by atoms with Crippen LogP contribution < -0.4 is 0 Å². The lowest BCUT2D eigenvalue weighted by atomic mass is 9.70. The van der Waals surface area contributed by atoms with Gasteiger partial charge in [-0.15, -0.1) is 0 Å². The van der Waals surface area contributed by atoms with E-state index in [1.807, 2.05) is 0 Å². The van der Waals surface area contributed by atoms with Crippen molar-refractivity contribution in [3.63, 3.8) is 0 Å². The molecule has 0 aromatic carbocycles. The van der Waals surface area contributed by atoms with Crippen LogP contribution in [0.15, 0.2) is 12.2 Å². The molecule has 2 bridgehead atoms. The molecule has 3 unspecified atom stereocenters. The van der Waals surface area contributed by atoms with Crippen molar-refractivity contribution in [3.8, 4) is 0 Å². The van der Waals surface area contributed by atoms with Crippen LogP contribution in [0.1, 0.15) is 39.0 Å². The van der Waals surface area contributed by atoms with E-state index in [0.29, 0.717) is 0 Å². The molecule has 0 aliphatic heterocycles. The van der Waals surface area contributed by atoms with Crippen molar-refractivity contribution in [3.05, 3.63) is 12.2 Å². The van der Waals surface area contributed by atoms with Crippen LogP contribution in [0.2, 0.25) is 0 Å². The highest BCUT2D eigenvalue weighted by Gasteiger charge is 2.27. The highest BCUT2D eigenvalue weighted by molar-refractivity contribution is 4.99. The van der Waals surface area contributed by atoms with E-state index >= 15 is 0 Å². The summed E-state index contributed by atoms with van der Waals surface area (Å²) in [6, 6.07) is 0. The van der Waals surface area contributed by atoms with Crippen molar-refractivity contribution >= 4 is 0 Å². The zero-order chi connectivity index (χ0) is 7.68. The fourth-order valence-corrected chi connectivity index (χ4v) is 2.76. The summed E-state index contributed by atoms with van der Waals surface area (Å²) in [6.45, 7) is 2.34. The predicted octanol–water partition coefficient (Wildman–Crippen LogP) is 3.39. The number of rotatable bonds is 1. The standard InChI is InChI=1S/C11H18/c1-2-9-6-10-4-3-5-11(7-9)8-10/h3-4,9-11H,2,5-8H2,1H3. The van der Waals surface area contributed by atoms with Gasteiger partial charge in [0.25, 0.3) is 0 Å². The maximum absolute atomic E-state index is 2.46. The fraction of sp³-hybridized carbons (Fsp3) is 0.818. The van der Waals surface area contributed by atoms with Gasteiger partial charge < -0.3 is 0 Å². The average molecular weight is 150 g/mol. The zero-order valence-corrected chi connectivity index (χ0v) is 7.42. The third-order valence-corrected chi connectivity index (χ3v) is 3.39. The quantitative estimate of drug-likeness (QED) is 0.503. The van der Waals surface area contributed by atoms with Crippen molar-refractivity contribution in [1.82, 2.24) is 0 Å². The van der Waals surface area contributed by atoms with Crippen LogP contribution in [-0.4, -0.2) is 0 Å². The zero-order valence-electron chi connectivity index (χ0n) is 7.42. The minimum atomic E-state index is 0.951. The third kappa shape index (κ3) is 1.50. The first-order valence-electron chi connectivity index (χ1n) is 5.05. The maximum atomic E-state index is 2.46. The summed E-state index contributed by atoms with van der Waals surface area (Å²) in [5.41, 5.74) is 0. The molecule has 1 fully saturated rings. The monoisotopic (exact) mass is 150 g/mol. The lowest BCUT2D eigenvalue weighted by Crippen LogP contribution is -2.23. The summed E-state index contributed by atoms with van der Waals surface area (Å²) in [5.74, 6) is 3.04. The molecule has 2 rings (SSSR count). The lowest BCUT2D eigenvalue weighted by Gasteiger charge is -2.35. The Bertz CT molecular complexity index is 157. The van der Waals surface area contributed by atoms with Gasteiger partial charge in [0.1, 0.15) is 0 Å². The second-order valence-corrected chi connectivity index (χ2v) is 4.27. The van der Waals surface area contributed by atoms with E-state index in [4.69, 9.17) is 0 Å². The van der Waals surface area contributed by atoms with Crippen LogP contribution in [0.4, 0.5) is 0 Å². The molecule has 2 aliphatic rings. The van der Waals surface area contributed by atoms with Gasteiger partial charge in [-0.25, -0.2) is 0 Å². The Morgan fingerprint density at radius 3 is 2.91 bits per heavy atom. The average Bonchev–Trinajstić information content (AvgIpc) is 2.03. The van der Waals surface area contributed by atoms with Gasteiger partial charge >= 0.3 is 0 Å². The Balaban J connectivity index is 2.02. The number of fused-ring (bicyclic) bond motifs is 2. The van der Waals surface area contributed by atoms with Crippen molar-refractivity contribution in [2.45, 2.75) is 39.0 Å². The summed E-state index contributed by atoms with van der Waals surface area (Å²) < 4.78 is 0. The summed E-state index contributed by atoms with van der Waals surface area (Å²) in [7, 11) is 0. The minimum Gasteiger partial charge on any atom is -0.0880 e. The molecule has 0 heterocycles. The lowest BCUT2D eigenvalue weighted by molar-refractivity contribution is 0.209. The molecule has 1 saturated carbocycles. The molecule has 0 heteroatoms. The summed E-state index contributed by atoms with van der Waals surface area (Å²) in [5, 5.41) is 0. The first-order valence-corrected chi connectivity index (χ1v) is 5.05. The Kier molecular flexibility index (Phi) is 2.02. The summed E-state index contributed by atoms with van der Waals surface area (Å²) >= 11 is 0. The summed E-state index contributed by atoms with van der Waals surface area (Å²) in [4.78, 5) is 0. The van der Waals surface area contributed by atoms with E-state index in [0.717, 1.165) is 17.8 Å². The number of hydrogen-bond donors (Lipinski definition) is 0. The van der Waals surface area contributed by atoms with Gasteiger partial charge in [0.05, 0.1) is 0 Å². The van der Waals surface area contributed by atoms with Gasteiger partial charge in [-0.05, 0) is 43.4 Å². The van der Waals surface area contributed by atoms with Crippen LogP contribution in [0.5, 0.6) is 0 Å². The van der Waals surface area contributed by atoms with E-state index < -0.39 is 0 Å². The Hall–Kier alpha value is -0.260. The normalized spacial score (nSPS) is 42.5. The Labute approximate surface area is 69.7 Å². The van der Waals surface area contributed by atoms with Crippen molar-refractivity contribution in [2.75, 3.05) is 0 Å². The first kappa shape index (κ1) is 7.39. The molecular formula is C11H18. The van der Waals surface area contributed by atoms with E-state index in [2.05, 4.69) is 19.1 Å². The minimum absolute atomic E-state index is 0.951. The number of allylic oxidation sites excluding steroid dienone is 2. The molecule has 0 saturated heterocycles. The third-order valence-electron chi connectivity index (χ3n) is 3.39. The first-order chi connectivity index (χ1) is 5.38. The van der Waals surface area contributed by atoms with Gasteiger partial charge in [-0.3, -0.25) is 0 Å². The van der Waals surface area contributed by atoms with E-state index in [9.17, 15) is 0 Å². The highest BCUT2D eigenvalue weighted by Crippen LogP contribution is 2.40. The molecule has 62 valence electrons. The fourth-order valence-electron chi connectivity index (χ4n) is 2.76. The molecule has 0 nitrogen and oxygen atoms in total. The van der Waals surface area contributed by atoms with Gasteiger partial charge in [0, 0.05) is 0 Å². The van der Waals surface area contributed by atoms with Crippen LogP contribution >= 0.6 is 0 Å². The van der Waals surface area contributed by atoms with E-state index in [1.54, 1.807) is 0 Å². The van der Waals surface area contributed by atoms with E-state index in [-0.39, 0.29) is 0 Å².